The van der Waals surface area contributed by atoms with Gasteiger partial charge in [-0.3, -0.25) is 0 Å². The van der Waals surface area contributed by atoms with Gasteiger partial charge in [0.25, 0.3) is 0 Å². The molecule has 174 valence electrons. The van der Waals surface area contributed by atoms with Crippen LogP contribution in [0, 0.1) is 46.3 Å². The minimum atomic E-state index is -1.11. The zero-order valence-electron chi connectivity index (χ0n) is 20.2. The van der Waals surface area contributed by atoms with E-state index in [1.807, 2.05) is 0 Å². The Hall–Kier alpha value is -0.120. The minimum Gasteiger partial charge on any atom is -0.393 e. The molecule has 0 saturated heterocycles. The van der Waals surface area contributed by atoms with Crippen LogP contribution in [0.15, 0.2) is 0 Å². The second-order valence-corrected chi connectivity index (χ2v) is 12.9. The molecule has 4 saturated carbocycles. The molecule has 3 nitrogen and oxygen atoms in total. The molecule has 0 radical (unpaired) electrons. The lowest BCUT2D eigenvalue weighted by Gasteiger charge is -2.65. The Balaban J connectivity index is 1.53. The lowest BCUT2D eigenvalue weighted by atomic mass is 9.42. The normalized spacial score (nSPS) is 51.9. The van der Waals surface area contributed by atoms with E-state index in [1.165, 1.54) is 44.9 Å². The molecule has 0 aromatic rings. The standard InChI is InChI=1S/C27H48O3/c1-17(2)7-6-8-18(3)21-9-10-22-20-15-24(29)27(30)16-19(28)11-14-26(27,5)23(20)12-13-25(21,22)4/h17-24,28-30H,6-16H2,1-5H3/t18-,19-,20+,21+,22-,23-,24-,25+,26+,27-/m0/s1. The molecule has 4 rings (SSSR count). The van der Waals surface area contributed by atoms with E-state index >= 15 is 0 Å². The van der Waals surface area contributed by atoms with Crippen LogP contribution in [0.25, 0.3) is 0 Å². The predicted octanol–water partition coefficient (Wildman–Crippen LogP) is 5.55. The summed E-state index contributed by atoms with van der Waals surface area (Å²) >= 11 is 0. The fraction of sp³-hybridized carbons (Fsp3) is 1.00. The third-order valence-corrected chi connectivity index (χ3v) is 11.0. The fourth-order valence-electron chi connectivity index (χ4n) is 9.29. The van der Waals surface area contributed by atoms with Gasteiger partial charge in [-0.15, -0.1) is 0 Å². The second kappa shape index (κ2) is 8.03. The van der Waals surface area contributed by atoms with Crippen LogP contribution >= 0.6 is 0 Å². The van der Waals surface area contributed by atoms with Crippen molar-refractivity contribution >= 4 is 0 Å². The van der Waals surface area contributed by atoms with E-state index in [0.29, 0.717) is 29.6 Å². The Kier molecular flexibility index (Phi) is 6.17. The van der Waals surface area contributed by atoms with E-state index in [4.69, 9.17) is 0 Å². The molecule has 0 aliphatic heterocycles. The van der Waals surface area contributed by atoms with E-state index in [9.17, 15) is 15.3 Å². The summed E-state index contributed by atoms with van der Waals surface area (Å²) in [6.45, 7) is 12.0. The van der Waals surface area contributed by atoms with Crippen molar-refractivity contribution in [1.29, 1.82) is 0 Å². The van der Waals surface area contributed by atoms with Gasteiger partial charge in [0.05, 0.1) is 17.8 Å². The van der Waals surface area contributed by atoms with E-state index < -0.39 is 17.8 Å². The first-order chi connectivity index (χ1) is 14.0. The van der Waals surface area contributed by atoms with Crippen molar-refractivity contribution in [2.24, 2.45) is 46.3 Å². The molecule has 0 bridgehead atoms. The summed E-state index contributed by atoms with van der Waals surface area (Å²) in [4.78, 5) is 0. The highest BCUT2D eigenvalue weighted by atomic mass is 16.3. The third kappa shape index (κ3) is 3.41. The van der Waals surface area contributed by atoms with Crippen LogP contribution in [-0.4, -0.2) is 33.1 Å². The smallest absolute Gasteiger partial charge is 0.0985 e. The monoisotopic (exact) mass is 420 g/mol. The molecule has 0 aromatic heterocycles. The number of hydrogen-bond donors (Lipinski definition) is 3. The molecule has 0 unspecified atom stereocenters. The van der Waals surface area contributed by atoms with Gasteiger partial charge in [0, 0.05) is 11.8 Å². The maximum absolute atomic E-state index is 11.6. The highest BCUT2D eigenvalue weighted by Crippen LogP contribution is 2.69. The lowest BCUT2D eigenvalue weighted by molar-refractivity contribution is -0.264. The molecule has 4 aliphatic rings. The molecular formula is C27H48O3. The van der Waals surface area contributed by atoms with Gasteiger partial charge in [0.15, 0.2) is 0 Å². The van der Waals surface area contributed by atoms with Gasteiger partial charge in [-0.2, -0.15) is 0 Å². The van der Waals surface area contributed by atoms with Crippen molar-refractivity contribution in [2.45, 2.75) is 123 Å². The molecule has 3 N–H and O–H groups in total. The van der Waals surface area contributed by atoms with E-state index in [1.54, 1.807) is 0 Å². The van der Waals surface area contributed by atoms with Gasteiger partial charge in [-0.1, -0.05) is 53.9 Å². The summed E-state index contributed by atoms with van der Waals surface area (Å²) in [5.41, 5.74) is -0.962. The molecule has 30 heavy (non-hydrogen) atoms. The van der Waals surface area contributed by atoms with Gasteiger partial charge in [0.2, 0.25) is 0 Å². The summed E-state index contributed by atoms with van der Waals surface area (Å²) in [7, 11) is 0. The van der Waals surface area contributed by atoms with E-state index in [2.05, 4.69) is 34.6 Å². The van der Waals surface area contributed by atoms with Crippen LogP contribution in [-0.2, 0) is 0 Å². The second-order valence-electron chi connectivity index (χ2n) is 12.9. The van der Waals surface area contributed by atoms with Crippen molar-refractivity contribution in [3.63, 3.8) is 0 Å². The first-order valence-corrected chi connectivity index (χ1v) is 13.1. The van der Waals surface area contributed by atoms with E-state index in [-0.39, 0.29) is 5.41 Å². The number of fused-ring (bicyclic) bond motifs is 5. The van der Waals surface area contributed by atoms with Crippen molar-refractivity contribution < 1.29 is 15.3 Å². The highest BCUT2D eigenvalue weighted by Gasteiger charge is 2.67. The molecular weight excluding hydrogens is 372 g/mol. The van der Waals surface area contributed by atoms with Crippen LogP contribution in [0.5, 0.6) is 0 Å². The van der Waals surface area contributed by atoms with E-state index in [0.717, 1.165) is 37.0 Å². The summed E-state index contributed by atoms with van der Waals surface area (Å²) < 4.78 is 0. The van der Waals surface area contributed by atoms with Crippen LogP contribution in [0.2, 0.25) is 0 Å². The Morgan fingerprint density at radius 3 is 2.33 bits per heavy atom. The Morgan fingerprint density at radius 1 is 0.900 bits per heavy atom. The Bertz CT molecular complexity index is 619. The summed E-state index contributed by atoms with van der Waals surface area (Å²) in [5, 5.41) is 33.0. The van der Waals surface area contributed by atoms with Gasteiger partial charge >= 0.3 is 0 Å². The zero-order valence-corrected chi connectivity index (χ0v) is 20.2. The molecule has 0 heterocycles. The average Bonchev–Trinajstić information content (AvgIpc) is 3.01. The zero-order chi connectivity index (χ0) is 21.9. The predicted molar refractivity (Wildman–Crippen MR) is 122 cm³/mol. The summed E-state index contributed by atoms with van der Waals surface area (Å²) in [6.07, 6.45) is 10.7. The fourth-order valence-corrected chi connectivity index (χ4v) is 9.29. The maximum Gasteiger partial charge on any atom is 0.0985 e. The molecule has 0 aromatic carbocycles. The number of aliphatic hydroxyl groups excluding tert-OH is 2. The van der Waals surface area contributed by atoms with Gasteiger partial charge < -0.3 is 15.3 Å². The van der Waals surface area contributed by atoms with Crippen LogP contribution < -0.4 is 0 Å². The number of aliphatic hydroxyl groups is 3. The molecule has 4 fully saturated rings. The van der Waals surface area contributed by atoms with Gasteiger partial charge in [0.1, 0.15) is 0 Å². The number of hydrogen-bond acceptors (Lipinski definition) is 3. The van der Waals surface area contributed by atoms with Crippen molar-refractivity contribution in [1.82, 2.24) is 0 Å². The average molecular weight is 421 g/mol. The third-order valence-electron chi connectivity index (χ3n) is 11.0. The molecule has 10 atom stereocenters. The first kappa shape index (κ1) is 23.1. The van der Waals surface area contributed by atoms with Crippen LogP contribution in [0.1, 0.15) is 105 Å². The van der Waals surface area contributed by atoms with Crippen LogP contribution in [0.4, 0.5) is 0 Å². The largest absolute Gasteiger partial charge is 0.393 e. The number of rotatable bonds is 5. The molecule has 0 spiro atoms. The van der Waals surface area contributed by atoms with Crippen molar-refractivity contribution in [3.05, 3.63) is 0 Å². The quantitative estimate of drug-likeness (QED) is 0.546. The minimum absolute atomic E-state index is 0.253. The molecule has 4 aliphatic carbocycles. The van der Waals surface area contributed by atoms with Gasteiger partial charge in [-0.25, -0.2) is 0 Å². The summed E-state index contributed by atoms with van der Waals surface area (Å²) in [6, 6.07) is 0. The SMILES string of the molecule is CC(C)CCC[C@H](C)[C@H]1CC[C@H]2[C@H]3C[C@H](O)[C@@]4(O)C[C@@H](O)CC[C@]4(C)[C@H]3CC[C@]12C. The van der Waals surface area contributed by atoms with Crippen LogP contribution in [0.3, 0.4) is 0 Å². The highest BCUT2D eigenvalue weighted by molar-refractivity contribution is 5.17. The topological polar surface area (TPSA) is 60.7 Å². The summed E-state index contributed by atoms with van der Waals surface area (Å²) in [5.74, 6) is 4.13. The van der Waals surface area contributed by atoms with Gasteiger partial charge in [-0.05, 0) is 85.9 Å². The lowest BCUT2D eigenvalue weighted by Crippen LogP contribution is -2.68. The molecule has 3 heteroatoms. The Morgan fingerprint density at radius 2 is 1.63 bits per heavy atom. The maximum atomic E-state index is 11.6. The van der Waals surface area contributed by atoms with Crippen molar-refractivity contribution in [3.8, 4) is 0 Å². The molecule has 0 amide bonds. The first-order valence-electron chi connectivity index (χ1n) is 13.1. The Labute approximate surface area is 185 Å². The van der Waals surface area contributed by atoms with Crippen molar-refractivity contribution in [2.75, 3.05) is 0 Å².